The van der Waals surface area contributed by atoms with Crippen molar-refractivity contribution < 1.29 is 14.9 Å². The molecule has 0 spiro atoms. The Balaban J connectivity index is 1.98. The van der Waals surface area contributed by atoms with Crippen molar-refractivity contribution in [2.75, 3.05) is 32.9 Å². The molecule has 0 aliphatic carbocycles. The molecule has 1 heterocycles. The first-order valence-corrected chi connectivity index (χ1v) is 5.88. The predicted octanol–water partition coefficient (Wildman–Crippen LogP) is 0.280. The summed E-state index contributed by atoms with van der Waals surface area (Å²) < 4.78 is 5.21. The zero-order valence-electron chi connectivity index (χ0n) is 9.37. The summed E-state index contributed by atoms with van der Waals surface area (Å²) in [4.78, 5) is 0. The van der Waals surface area contributed by atoms with E-state index in [0.29, 0.717) is 19.8 Å². The molecule has 1 aliphatic heterocycles. The van der Waals surface area contributed by atoms with Crippen molar-refractivity contribution in [1.82, 2.24) is 5.32 Å². The molecule has 0 amide bonds. The van der Waals surface area contributed by atoms with Gasteiger partial charge in [-0.3, -0.25) is 0 Å². The predicted molar refractivity (Wildman–Crippen MR) is 58.8 cm³/mol. The lowest BCUT2D eigenvalue weighted by atomic mass is 9.94. The van der Waals surface area contributed by atoms with Crippen molar-refractivity contribution in [3.63, 3.8) is 0 Å². The number of ether oxygens (including phenoxy) is 1. The van der Waals surface area contributed by atoms with Crippen LogP contribution in [0.1, 0.15) is 32.1 Å². The zero-order chi connectivity index (χ0) is 11.0. The quantitative estimate of drug-likeness (QED) is 0.536. The van der Waals surface area contributed by atoms with Gasteiger partial charge in [0.05, 0.1) is 5.60 Å². The Kier molecular flexibility index (Phi) is 6.17. The number of hydrogen-bond acceptors (Lipinski definition) is 4. The summed E-state index contributed by atoms with van der Waals surface area (Å²) in [6.07, 6.45) is 4.45. The normalized spacial score (nSPS) is 20.4. The topological polar surface area (TPSA) is 61.7 Å². The maximum absolute atomic E-state index is 10.1. The first-order valence-electron chi connectivity index (χ1n) is 5.88. The smallest absolute Gasteiger partial charge is 0.0815 e. The van der Waals surface area contributed by atoms with Crippen LogP contribution in [0.2, 0.25) is 0 Å². The van der Waals surface area contributed by atoms with E-state index in [2.05, 4.69) is 5.32 Å². The van der Waals surface area contributed by atoms with Gasteiger partial charge in [-0.25, -0.2) is 0 Å². The number of aliphatic hydroxyl groups excluding tert-OH is 1. The fraction of sp³-hybridized carbons (Fsp3) is 1.00. The van der Waals surface area contributed by atoms with Gasteiger partial charge in [0.2, 0.25) is 0 Å². The molecule has 15 heavy (non-hydrogen) atoms. The second-order valence-corrected chi connectivity index (χ2v) is 4.30. The molecule has 0 saturated carbocycles. The average molecular weight is 217 g/mol. The minimum absolute atomic E-state index is 0.279. The largest absolute Gasteiger partial charge is 0.396 e. The molecule has 1 rings (SSSR count). The molecule has 90 valence electrons. The van der Waals surface area contributed by atoms with E-state index >= 15 is 0 Å². The van der Waals surface area contributed by atoms with Crippen LogP contribution in [0.25, 0.3) is 0 Å². The highest BCUT2D eigenvalue weighted by atomic mass is 16.5. The van der Waals surface area contributed by atoms with Gasteiger partial charge >= 0.3 is 0 Å². The molecule has 4 heteroatoms. The molecule has 0 aromatic rings. The Labute approximate surface area is 91.6 Å². The molecule has 3 N–H and O–H groups in total. The summed E-state index contributed by atoms with van der Waals surface area (Å²) in [5, 5.41) is 22.0. The van der Waals surface area contributed by atoms with E-state index in [0.717, 1.165) is 38.6 Å². The molecule has 0 bridgehead atoms. The molecule has 0 radical (unpaired) electrons. The van der Waals surface area contributed by atoms with Crippen molar-refractivity contribution in [3.8, 4) is 0 Å². The van der Waals surface area contributed by atoms with E-state index in [9.17, 15) is 5.11 Å². The van der Waals surface area contributed by atoms with Crippen LogP contribution in [0, 0.1) is 0 Å². The van der Waals surface area contributed by atoms with Gasteiger partial charge in [0, 0.05) is 39.2 Å². The van der Waals surface area contributed by atoms with Crippen molar-refractivity contribution >= 4 is 0 Å². The Morgan fingerprint density at radius 2 is 1.87 bits per heavy atom. The molecule has 0 atom stereocenters. The number of nitrogens with one attached hydrogen (secondary N) is 1. The van der Waals surface area contributed by atoms with Crippen LogP contribution in [0.4, 0.5) is 0 Å². The van der Waals surface area contributed by atoms with E-state index in [1.807, 2.05) is 0 Å². The first-order chi connectivity index (χ1) is 7.27. The Morgan fingerprint density at radius 3 is 2.53 bits per heavy atom. The van der Waals surface area contributed by atoms with Gasteiger partial charge in [-0.15, -0.1) is 0 Å². The van der Waals surface area contributed by atoms with Crippen molar-refractivity contribution in [1.29, 1.82) is 0 Å². The molecule has 4 nitrogen and oxygen atoms in total. The number of hydrogen-bond donors (Lipinski definition) is 3. The van der Waals surface area contributed by atoms with Crippen LogP contribution >= 0.6 is 0 Å². The monoisotopic (exact) mass is 217 g/mol. The molecular weight excluding hydrogens is 194 g/mol. The van der Waals surface area contributed by atoms with Gasteiger partial charge in [-0.05, 0) is 25.8 Å². The first kappa shape index (κ1) is 12.9. The van der Waals surface area contributed by atoms with Crippen LogP contribution in [-0.2, 0) is 4.74 Å². The fourth-order valence-electron chi connectivity index (χ4n) is 1.79. The average Bonchev–Trinajstić information content (AvgIpc) is 2.24. The van der Waals surface area contributed by atoms with E-state index in [-0.39, 0.29) is 6.61 Å². The third kappa shape index (κ3) is 5.47. The third-order valence-electron chi connectivity index (χ3n) is 2.89. The van der Waals surface area contributed by atoms with Crippen molar-refractivity contribution in [3.05, 3.63) is 0 Å². The summed E-state index contributed by atoms with van der Waals surface area (Å²) in [5.74, 6) is 0. The second-order valence-electron chi connectivity index (χ2n) is 4.30. The number of rotatable bonds is 7. The van der Waals surface area contributed by atoms with E-state index in [1.165, 1.54) is 0 Å². The minimum atomic E-state index is -0.560. The molecule has 1 fully saturated rings. The van der Waals surface area contributed by atoms with Crippen LogP contribution < -0.4 is 5.32 Å². The molecule has 1 aliphatic rings. The SMILES string of the molecule is OCCCCCNCC1(O)CCOCC1. The van der Waals surface area contributed by atoms with Gasteiger partial charge in [0.1, 0.15) is 0 Å². The molecule has 0 unspecified atom stereocenters. The number of aliphatic hydroxyl groups is 2. The Hall–Kier alpha value is -0.160. The van der Waals surface area contributed by atoms with Gasteiger partial charge in [0.25, 0.3) is 0 Å². The molecule has 0 aromatic heterocycles. The standard InChI is InChI=1S/C11H23NO3/c13-7-3-1-2-6-12-10-11(14)4-8-15-9-5-11/h12-14H,1-10H2. The molecule has 0 aromatic carbocycles. The van der Waals surface area contributed by atoms with E-state index in [1.54, 1.807) is 0 Å². The lowest BCUT2D eigenvalue weighted by molar-refractivity contribution is -0.0614. The summed E-state index contributed by atoms with van der Waals surface area (Å²) in [7, 11) is 0. The van der Waals surface area contributed by atoms with Crippen LogP contribution in [-0.4, -0.2) is 48.7 Å². The molecule has 1 saturated heterocycles. The lowest BCUT2D eigenvalue weighted by Crippen LogP contribution is -2.45. The van der Waals surface area contributed by atoms with E-state index < -0.39 is 5.60 Å². The van der Waals surface area contributed by atoms with Crippen LogP contribution in [0.3, 0.4) is 0 Å². The Bertz CT molecular complexity index is 158. The molecular formula is C11H23NO3. The zero-order valence-corrected chi connectivity index (χ0v) is 9.37. The van der Waals surface area contributed by atoms with Crippen LogP contribution in [0.15, 0.2) is 0 Å². The van der Waals surface area contributed by atoms with Crippen LogP contribution in [0.5, 0.6) is 0 Å². The van der Waals surface area contributed by atoms with Crippen molar-refractivity contribution in [2.45, 2.75) is 37.7 Å². The van der Waals surface area contributed by atoms with Gasteiger partial charge in [-0.2, -0.15) is 0 Å². The third-order valence-corrected chi connectivity index (χ3v) is 2.89. The maximum atomic E-state index is 10.1. The fourth-order valence-corrected chi connectivity index (χ4v) is 1.79. The Morgan fingerprint density at radius 1 is 1.13 bits per heavy atom. The maximum Gasteiger partial charge on any atom is 0.0815 e. The summed E-state index contributed by atoms with van der Waals surface area (Å²) in [5.41, 5.74) is -0.560. The second kappa shape index (κ2) is 7.17. The summed E-state index contributed by atoms with van der Waals surface area (Å²) >= 11 is 0. The minimum Gasteiger partial charge on any atom is -0.396 e. The lowest BCUT2D eigenvalue weighted by Gasteiger charge is -2.32. The van der Waals surface area contributed by atoms with Gasteiger partial charge in [0.15, 0.2) is 0 Å². The highest BCUT2D eigenvalue weighted by molar-refractivity contribution is 4.83. The summed E-state index contributed by atoms with van der Waals surface area (Å²) in [6, 6.07) is 0. The number of unbranched alkanes of at least 4 members (excludes halogenated alkanes) is 2. The van der Waals surface area contributed by atoms with Crippen molar-refractivity contribution in [2.24, 2.45) is 0 Å². The highest BCUT2D eigenvalue weighted by Gasteiger charge is 2.28. The summed E-state index contributed by atoms with van der Waals surface area (Å²) in [6.45, 7) is 3.20. The van der Waals surface area contributed by atoms with Gasteiger partial charge < -0.3 is 20.3 Å². The highest BCUT2D eigenvalue weighted by Crippen LogP contribution is 2.19. The van der Waals surface area contributed by atoms with E-state index in [4.69, 9.17) is 9.84 Å². The van der Waals surface area contributed by atoms with Gasteiger partial charge in [-0.1, -0.05) is 0 Å².